The van der Waals surface area contributed by atoms with Crippen molar-refractivity contribution in [2.24, 2.45) is 10.2 Å². The lowest BCUT2D eigenvalue weighted by Gasteiger charge is -2.09. The molecule has 0 aliphatic heterocycles. The van der Waals surface area contributed by atoms with Crippen molar-refractivity contribution in [3.8, 4) is 11.6 Å². The number of nitrogens with one attached hydrogen (secondary N) is 1. The fourth-order valence-electron chi connectivity index (χ4n) is 2.91. The van der Waals surface area contributed by atoms with Gasteiger partial charge in [0.1, 0.15) is 26.3 Å². The topological polar surface area (TPSA) is 184 Å². The largest absolute Gasteiger partial charge is 0.492 e. The molecule has 3 aromatic rings. The van der Waals surface area contributed by atoms with Crippen LogP contribution in [0.5, 0.6) is 5.88 Å². The van der Waals surface area contributed by atoms with Gasteiger partial charge < -0.3 is 15.0 Å². The van der Waals surface area contributed by atoms with E-state index in [4.69, 9.17) is 34.8 Å². The van der Waals surface area contributed by atoms with Gasteiger partial charge >= 0.3 is 0 Å². The zero-order valence-electron chi connectivity index (χ0n) is 18.0. The van der Waals surface area contributed by atoms with Gasteiger partial charge in [0, 0.05) is 5.69 Å². The van der Waals surface area contributed by atoms with Gasteiger partial charge in [0.2, 0.25) is 11.8 Å². The molecule has 1 unspecified atom stereocenters. The molecule has 0 fully saturated rings. The average molecular weight is 597 g/mol. The Kier molecular flexibility index (Phi) is 8.00. The smallest absolute Gasteiger partial charge is 0.296 e. The summed E-state index contributed by atoms with van der Waals surface area (Å²) < 4.78 is 55.2. The number of aromatic hydroxyl groups is 1. The molecule has 0 saturated carbocycles. The first-order valence-electron chi connectivity index (χ1n) is 9.40. The third kappa shape index (κ3) is 5.98. The molecular weight excluding hydrogens is 581 g/mol. The Bertz CT molecular complexity index is 1620. The van der Waals surface area contributed by atoms with Crippen molar-refractivity contribution in [1.82, 2.24) is 9.78 Å². The van der Waals surface area contributed by atoms with E-state index < -0.39 is 36.6 Å². The molecule has 1 heterocycles. The molecule has 0 bridgehead atoms. The molecule has 36 heavy (non-hydrogen) atoms. The van der Waals surface area contributed by atoms with Crippen LogP contribution in [0.1, 0.15) is 5.69 Å². The number of aryl methyl sites for hydroxylation is 1. The molecule has 192 valence electrons. The predicted molar refractivity (Wildman–Crippen MR) is 136 cm³/mol. The second-order valence-corrected chi connectivity index (χ2v) is 11.3. The Morgan fingerprint density at radius 2 is 1.78 bits per heavy atom. The summed E-state index contributed by atoms with van der Waals surface area (Å²) in [7, 11) is -8.41. The van der Waals surface area contributed by atoms with Crippen LogP contribution in [0.4, 0.5) is 17.1 Å². The van der Waals surface area contributed by atoms with Gasteiger partial charge in [-0.2, -0.15) is 18.2 Å². The minimum atomic E-state index is -4.66. The molecule has 0 aliphatic rings. The monoisotopic (exact) mass is 595 g/mol. The lowest BCUT2D eigenvalue weighted by atomic mass is 10.3. The van der Waals surface area contributed by atoms with Gasteiger partial charge in [0.05, 0.1) is 26.3 Å². The van der Waals surface area contributed by atoms with Gasteiger partial charge in [-0.25, -0.2) is 4.21 Å². The normalized spacial score (nSPS) is 13.6. The van der Waals surface area contributed by atoms with Crippen LogP contribution in [0.3, 0.4) is 0 Å². The Morgan fingerprint density at radius 1 is 1.11 bits per heavy atom. The van der Waals surface area contributed by atoms with Crippen molar-refractivity contribution in [3.05, 3.63) is 46.1 Å². The van der Waals surface area contributed by atoms with Crippen molar-refractivity contribution in [1.29, 1.82) is 0 Å². The van der Waals surface area contributed by atoms with Crippen LogP contribution >= 0.6 is 34.8 Å². The van der Waals surface area contributed by atoms with Crippen LogP contribution in [-0.4, -0.2) is 54.3 Å². The van der Waals surface area contributed by atoms with E-state index in [0.29, 0.717) is 0 Å². The highest BCUT2D eigenvalue weighted by molar-refractivity contribution is 7.95. The highest BCUT2D eigenvalue weighted by Crippen LogP contribution is 2.38. The van der Waals surface area contributed by atoms with E-state index in [1.165, 1.54) is 25.1 Å². The number of halogens is 3. The molecule has 0 radical (unpaired) electrons. The summed E-state index contributed by atoms with van der Waals surface area (Å²) >= 11 is 17.5. The van der Waals surface area contributed by atoms with E-state index in [2.05, 4.69) is 26.5 Å². The highest BCUT2D eigenvalue weighted by atomic mass is 35.5. The van der Waals surface area contributed by atoms with Crippen molar-refractivity contribution in [3.63, 3.8) is 0 Å². The quantitative estimate of drug-likeness (QED) is 0.132. The minimum absolute atomic E-state index is 0.0428. The summed E-state index contributed by atoms with van der Waals surface area (Å²) in [5.41, 5.74) is -0.0155. The third-order valence-electron chi connectivity index (χ3n) is 4.48. The number of hydrogen-bond acceptors (Lipinski definition) is 8. The van der Waals surface area contributed by atoms with E-state index in [1.54, 1.807) is 0 Å². The molecule has 1 atom stereocenters. The summed E-state index contributed by atoms with van der Waals surface area (Å²) in [5, 5.41) is 24.5. The first-order valence-corrected chi connectivity index (χ1v) is 13.8. The Hall–Kier alpha value is -2.72. The van der Waals surface area contributed by atoms with Crippen LogP contribution in [0.2, 0.25) is 10.0 Å². The molecule has 1 aromatic heterocycles. The standard InChI is InChI=1S/C19H16Cl3N5O7S2/c1-9-18(19(29)27(26-9)14-6-12(22)16(7-11(14)21)36(32,33)34)25-24-13-5-10(23-17(28)8-20)3-4-15(13)35(2,30)31/h3-7,29H,2,8H2,1H3,(H,23,28)(H,30,31)(H,32,33,34)/b25-24+. The van der Waals surface area contributed by atoms with Gasteiger partial charge in [-0.3, -0.25) is 9.35 Å². The lowest BCUT2D eigenvalue weighted by Crippen LogP contribution is -2.12. The van der Waals surface area contributed by atoms with Crippen molar-refractivity contribution in [2.75, 3.05) is 11.2 Å². The summed E-state index contributed by atoms with van der Waals surface area (Å²) in [6.07, 6.45) is 0. The summed E-state index contributed by atoms with van der Waals surface area (Å²) in [6.45, 7) is 1.46. The molecule has 4 N–H and O–H groups in total. The zero-order chi connectivity index (χ0) is 27.0. The van der Waals surface area contributed by atoms with E-state index in [9.17, 15) is 31.6 Å². The number of anilines is 1. The predicted octanol–water partition coefficient (Wildman–Crippen LogP) is 4.58. The first kappa shape index (κ1) is 27.9. The minimum Gasteiger partial charge on any atom is -0.492 e. The maximum Gasteiger partial charge on any atom is 0.296 e. The van der Waals surface area contributed by atoms with Gasteiger partial charge in [-0.15, -0.1) is 21.8 Å². The van der Waals surface area contributed by atoms with E-state index >= 15 is 0 Å². The molecule has 1 amide bonds. The second-order valence-electron chi connectivity index (χ2n) is 7.08. The van der Waals surface area contributed by atoms with E-state index in [1.807, 2.05) is 0 Å². The van der Waals surface area contributed by atoms with Gasteiger partial charge in [0.15, 0.2) is 5.69 Å². The number of benzene rings is 2. The van der Waals surface area contributed by atoms with Gasteiger partial charge in [-0.05, 0) is 43.1 Å². The molecule has 3 rings (SSSR count). The molecule has 0 spiro atoms. The van der Waals surface area contributed by atoms with E-state index in [0.717, 1.165) is 16.8 Å². The zero-order valence-corrected chi connectivity index (χ0v) is 21.9. The van der Waals surface area contributed by atoms with Crippen molar-refractivity contribution < 1.29 is 31.6 Å². The number of azo groups is 1. The maximum absolute atomic E-state index is 12.2. The number of carbonyl (C=O) groups is 1. The van der Waals surface area contributed by atoms with Crippen LogP contribution in [0.25, 0.3) is 5.69 Å². The highest BCUT2D eigenvalue weighted by Gasteiger charge is 2.22. The molecule has 2 aromatic carbocycles. The fourth-order valence-corrected chi connectivity index (χ4v) is 5.02. The van der Waals surface area contributed by atoms with Crippen molar-refractivity contribution in [2.45, 2.75) is 16.7 Å². The molecular formula is C19H16Cl3N5O7S2. The second kappa shape index (κ2) is 10.3. The van der Waals surface area contributed by atoms with Gasteiger partial charge in [-0.1, -0.05) is 23.2 Å². The van der Waals surface area contributed by atoms with Crippen LogP contribution < -0.4 is 5.32 Å². The van der Waals surface area contributed by atoms with Crippen LogP contribution in [0, 0.1) is 6.92 Å². The molecule has 0 aliphatic carbocycles. The number of carbonyl (C=O) groups excluding carboxylic acids is 1. The number of nitrogens with zero attached hydrogens (tertiary/aromatic N) is 4. The third-order valence-corrected chi connectivity index (χ3v) is 7.37. The fraction of sp³-hybridized carbons (Fsp3) is 0.105. The summed E-state index contributed by atoms with van der Waals surface area (Å²) in [4.78, 5) is 10.7. The maximum atomic E-state index is 12.2. The Morgan fingerprint density at radius 3 is 2.36 bits per heavy atom. The molecule has 12 nitrogen and oxygen atoms in total. The molecule has 0 saturated heterocycles. The average Bonchev–Trinajstić information content (AvgIpc) is 3.05. The number of hydrogen-bond donors (Lipinski definition) is 4. The number of alkyl halides is 1. The number of rotatable bonds is 7. The Labute approximate surface area is 220 Å². The number of amides is 1. The summed E-state index contributed by atoms with van der Waals surface area (Å²) in [5.74, 6) is 1.77. The number of aromatic nitrogens is 2. The van der Waals surface area contributed by atoms with Gasteiger partial charge in [0.25, 0.3) is 10.1 Å². The lowest BCUT2D eigenvalue weighted by molar-refractivity contribution is -0.113. The Balaban J connectivity index is 2.10. The first-order chi connectivity index (χ1) is 16.6. The SMILES string of the molecule is C=S(=O)(O)c1ccc(NC(=O)CCl)cc1/N=N/c1c(C)nn(-c2cc(Cl)c(S(=O)(=O)O)cc2Cl)c1O. The molecule has 17 heteroatoms. The van der Waals surface area contributed by atoms with Crippen molar-refractivity contribution >= 4 is 83.6 Å². The van der Waals surface area contributed by atoms with Crippen LogP contribution in [-0.2, 0) is 24.7 Å². The summed E-state index contributed by atoms with van der Waals surface area (Å²) in [6, 6.07) is 5.77. The van der Waals surface area contributed by atoms with E-state index in [-0.39, 0.29) is 49.3 Å². The van der Waals surface area contributed by atoms with Crippen LogP contribution in [0.15, 0.2) is 50.4 Å².